The van der Waals surface area contributed by atoms with Crippen molar-refractivity contribution in [3.63, 3.8) is 0 Å². The monoisotopic (exact) mass is 568 g/mol. The number of likely N-dealkylation sites (tertiary alicyclic amines) is 1. The largest absolute Gasteiger partial charge is 0.405 e. The number of piperidine rings is 1. The average Bonchev–Trinajstić information content (AvgIpc) is 2.86. The first-order valence-corrected chi connectivity index (χ1v) is 13.4. The van der Waals surface area contributed by atoms with Crippen LogP contribution in [0.25, 0.3) is 0 Å². The molecule has 0 saturated carbocycles. The van der Waals surface area contributed by atoms with Gasteiger partial charge in [0.05, 0.1) is 11.5 Å². The number of halogens is 5. The number of amides is 2. The van der Waals surface area contributed by atoms with E-state index in [2.05, 4.69) is 6.58 Å². The smallest absolute Gasteiger partial charge is 0.347 e. The molecule has 0 radical (unpaired) electrons. The quantitative estimate of drug-likeness (QED) is 0.296. The Balaban J connectivity index is 2.05. The number of allylic oxidation sites excluding steroid dienone is 1. The number of rotatable bonds is 10. The summed E-state index contributed by atoms with van der Waals surface area (Å²) in [5, 5.41) is 3.08. The van der Waals surface area contributed by atoms with E-state index >= 15 is 0 Å². The maximum Gasteiger partial charge on any atom is 0.405 e. The summed E-state index contributed by atoms with van der Waals surface area (Å²) >= 11 is 12.6. The van der Waals surface area contributed by atoms with Crippen molar-refractivity contribution < 1.29 is 22.8 Å². The Labute approximate surface area is 232 Å². The summed E-state index contributed by atoms with van der Waals surface area (Å²) in [6, 6.07) is 14.1. The number of hydrogen-bond acceptors (Lipinski definition) is 2. The molecule has 1 heterocycles. The van der Waals surface area contributed by atoms with Gasteiger partial charge < -0.3 is 10.2 Å². The number of carbonyl (C=O) groups excluding carboxylic acids is 2. The first-order valence-electron chi connectivity index (χ1n) is 12.7. The zero-order valence-corrected chi connectivity index (χ0v) is 23.0. The van der Waals surface area contributed by atoms with E-state index in [4.69, 9.17) is 23.2 Å². The highest BCUT2D eigenvalue weighted by atomic mass is 35.5. The van der Waals surface area contributed by atoms with Gasteiger partial charge in [-0.25, -0.2) is 0 Å². The summed E-state index contributed by atoms with van der Waals surface area (Å²) < 4.78 is 37.8. The summed E-state index contributed by atoms with van der Waals surface area (Å²) in [6.07, 6.45) is -1.14. The fraction of sp³-hybridized carbons (Fsp3) is 0.448. The van der Waals surface area contributed by atoms with E-state index in [1.807, 2.05) is 54.4 Å². The molecule has 2 aromatic rings. The third-order valence-corrected chi connectivity index (χ3v) is 7.73. The van der Waals surface area contributed by atoms with Crippen LogP contribution in [-0.2, 0) is 9.59 Å². The van der Waals surface area contributed by atoms with Crippen LogP contribution < -0.4 is 5.32 Å². The second-order valence-corrected chi connectivity index (χ2v) is 11.0. The number of carbonyl (C=O) groups is 2. The van der Waals surface area contributed by atoms with Crippen molar-refractivity contribution in [1.82, 2.24) is 10.2 Å². The van der Waals surface area contributed by atoms with Crippen LogP contribution >= 0.6 is 23.2 Å². The average molecular weight is 569 g/mol. The van der Waals surface area contributed by atoms with Crippen molar-refractivity contribution >= 4 is 35.0 Å². The van der Waals surface area contributed by atoms with Crippen LogP contribution in [0.3, 0.4) is 0 Å². The molecule has 1 N–H and O–H groups in total. The number of benzene rings is 2. The predicted molar refractivity (Wildman–Crippen MR) is 145 cm³/mol. The summed E-state index contributed by atoms with van der Waals surface area (Å²) in [4.78, 5) is 28.3. The molecule has 206 valence electrons. The second kappa shape index (κ2) is 12.6. The van der Waals surface area contributed by atoms with Crippen LogP contribution in [0.1, 0.15) is 69.0 Å². The lowest BCUT2D eigenvalue weighted by Gasteiger charge is -2.52. The number of nitrogens with zero attached hydrogens (tertiary/aromatic N) is 1. The Bertz CT molecular complexity index is 1140. The molecule has 0 bridgehead atoms. The van der Waals surface area contributed by atoms with Crippen molar-refractivity contribution in [2.75, 3.05) is 6.54 Å². The lowest BCUT2D eigenvalue weighted by Crippen LogP contribution is -2.55. The molecule has 4 nitrogen and oxygen atoms in total. The fourth-order valence-electron chi connectivity index (χ4n) is 5.41. The van der Waals surface area contributed by atoms with Gasteiger partial charge in [-0.15, -0.1) is 6.58 Å². The molecule has 2 aromatic carbocycles. The Morgan fingerprint density at radius 3 is 2.45 bits per heavy atom. The molecular weight excluding hydrogens is 536 g/mol. The minimum absolute atomic E-state index is 0.0711. The zero-order chi connectivity index (χ0) is 28.1. The predicted octanol–water partition coefficient (Wildman–Crippen LogP) is 7.87. The summed E-state index contributed by atoms with van der Waals surface area (Å²) in [5.74, 6) is -0.905. The Kier molecular flexibility index (Phi) is 9.93. The third kappa shape index (κ3) is 7.32. The highest BCUT2D eigenvalue weighted by molar-refractivity contribution is 6.30. The van der Waals surface area contributed by atoms with Crippen molar-refractivity contribution in [3.8, 4) is 0 Å². The van der Waals surface area contributed by atoms with Crippen LogP contribution in [0, 0.1) is 5.41 Å². The van der Waals surface area contributed by atoms with E-state index in [1.54, 1.807) is 24.3 Å². The molecule has 2 amide bonds. The first-order chi connectivity index (χ1) is 17.9. The maximum atomic E-state index is 14.2. The number of nitrogens with one attached hydrogen (secondary N) is 1. The standard InChI is InChI=1S/C29H33Cl2F3N2O2/c1-4-15-28(3)17-24(20-7-6-8-22(31)16-20)26(19-9-11-21(30)12-10-19)36(27(28)38)23(5-2)13-14-25(37)35-18-29(32,33)34/h4,6-12,16,23-24,26H,1,5,13-15,17-18H2,2-3H3,(H,35,37)/t23-,24+,26+,28-/m0/s1. The molecule has 0 aromatic heterocycles. The second-order valence-electron chi connectivity index (χ2n) is 10.1. The lowest BCUT2D eigenvalue weighted by atomic mass is 9.67. The minimum Gasteiger partial charge on any atom is -0.347 e. The van der Waals surface area contributed by atoms with Gasteiger partial charge in [0.15, 0.2) is 0 Å². The van der Waals surface area contributed by atoms with Gasteiger partial charge in [0, 0.05) is 28.4 Å². The molecule has 1 saturated heterocycles. The van der Waals surface area contributed by atoms with Crippen LogP contribution in [0.4, 0.5) is 13.2 Å². The molecule has 1 aliphatic rings. The van der Waals surface area contributed by atoms with E-state index in [9.17, 15) is 22.8 Å². The molecule has 4 atom stereocenters. The molecule has 38 heavy (non-hydrogen) atoms. The number of hydrogen-bond donors (Lipinski definition) is 1. The zero-order valence-electron chi connectivity index (χ0n) is 21.5. The highest BCUT2D eigenvalue weighted by Gasteiger charge is 2.50. The maximum absolute atomic E-state index is 14.2. The molecule has 0 spiro atoms. The summed E-state index contributed by atoms with van der Waals surface area (Å²) in [7, 11) is 0. The molecule has 1 fully saturated rings. The van der Waals surface area contributed by atoms with Gasteiger partial charge in [-0.05, 0) is 61.1 Å². The Morgan fingerprint density at radius 2 is 1.87 bits per heavy atom. The van der Waals surface area contributed by atoms with Gasteiger partial charge >= 0.3 is 6.18 Å². The van der Waals surface area contributed by atoms with Crippen molar-refractivity contribution in [2.45, 2.75) is 70.1 Å². The van der Waals surface area contributed by atoms with E-state index in [0.29, 0.717) is 29.3 Å². The fourth-order valence-corrected chi connectivity index (χ4v) is 5.74. The number of alkyl halides is 3. The summed E-state index contributed by atoms with van der Waals surface area (Å²) in [6.45, 7) is 6.32. The van der Waals surface area contributed by atoms with Crippen LogP contribution in [0.15, 0.2) is 61.2 Å². The molecule has 1 aliphatic heterocycles. The third-order valence-electron chi connectivity index (χ3n) is 7.24. The molecule has 3 rings (SSSR count). The van der Waals surface area contributed by atoms with E-state index < -0.39 is 24.0 Å². The molecule has 0 aliphatic carbocycles. The summed E-state index contributed by atoms with van der Waals surface area (Å²) in [5.41, 5.74) is 1.10. The topological polar surface area (TPSA) is 49.4 Å². The van der Waals surface area contributed by atoms with Gasteiger partial charge in [0.2, 0.25) is 11.8 Å². The highest BCUT2D eigenvalue weighted by Crippen LogP contribution is 2.52. The SMILES string of the molecule is C=CC[C@@]1(C)C[C@H](c2cccc(Cl)c2)[C@@H](c2ccc(Cl)cc2)N([C@@H](CC)CCC(=O)NCC(F)(F)F)C1=O. The van der Waals surface area contributed by atoms with Gasteiger partial charge in [0.25, 0.3) is 0 Å². The molecule has 0 unspecified atom stereocenters. The normalized spacial score (nSPS) is 22.7. The molecule has 9 heteroatoms. The van der Waals surface area contributed by atoms with E-state index in [0.717, 1.165) is 11.1 Å². The van der Waals surface area contributed by atoms with Crippen LogP contribution in [0.5, 0.6) is 0 Å². The van der Waals surface area contributed by atoms with Gasteiger partial charge in [-0.2, -0.15) is 13.2 Å². The first kappa shape index (κ1) is 30.0. The van der Waals surface area contributed by atoms with Crippen molar-refractivity contribution in [2.24, 2.45) is 5.41 Å². The Hall–Kier alpha value is -2.51. The lowest BCUT2D eigenvalue weighted by molar-refractivity contribution is -0.155. The van der Waals surface area contributed by atoms with Crippen LogP contribution in [0.2, 0.25) is 10.0 Å². The van der Waals surface area contributed by atoms with Crippen molar-refractivity contribution in [1.29, 1.82) is 0 Å². The minimum atomic E-state index is -4.49. The van der Waals surface area contributed by atoms with E-state index in [-0.39, 0.29) is 36.8 Å². The Morgan fingerprint density at radius 1 is 1.18 bits per heavy atom. The van der Waals surface area contributed by atoms with Gasteiger partial charge in [0.1, 0.15) is 6.54 Å². The van der Waals surface area contributed by atoms with Crippen LogP contribution in [-0.4, -0.2) is 35.5 Å². The van der Waals surface area contributed by atoms with Crippen molar-refractivity contribution in [3.05, 3.63) is 82.4 Å². The van der Waals surface area contributed by atoms with E-state index in [1.165, 1.54) is 0 Å². The molecular formula is C29H33Cl2F3N2O2. The van der Waals surface area contributed by atoms with Gasteiger partial charge in [-0.1, -0.05) is 67.4 Å². The van der Waals surface area contributed by atoms with Gasteiger partial charge in [-0.3, -0.25) is 9.59 Å².